The van der Waals surface area contributed by atoms with E-state index in [1.165, 1.54) is 34.7 Å². The zero-order chi connectivity index (χ0) is 14.0. The lowest BCUT2D eigenvalue weighted by molar-refractivity contribution is -0.128. The number of hydrogen-bond donors (Lipinski definition) is 0. The second kappa shape index (κ2) is 5.36. The number of carbonyl (C=O) groups is 1. The highest BCUT2D eigenvalue weighted by molar-refractivity contribution is 6.30. The minimum Gasteiger partial charge on any atom is -0.340 e. The SMILES string of the molecule is CC(=O)N(C)Cc1cn(-c2cc(Cl)ccc2F)nn1. The summed E-state index contributed by atoms with van der Waals surface area (Å²) in [6.45, 7) is 1.78. The van der Waals surface area contributed by atoms with E-state index in [1.54, 1.807) is 13.2 Å². The number of hydrogen-bond acceptors (Lipinski definition) is 3. The minimum atomic E-state index is -0.444. The smallest absolute Gasteiger partial charge is 0.219 e. The molecule has 0 aliphatic rings. The topological polar surface area (TPSA) is 51.0 Å². The van der Waals surface area contributed by atoms with Crippen LogP contribution < -0.4 is 0 Å². The van der Waals surface area contributed by atoms with E-state index in [4.69, 9.17) is 11.6 Å². The largest absolute Gasteiger partial charge is 0.340 e. The highest BCUT2D eigenvalue weighted by atomic mass is 35.5. The number of rotatable bonds is 3. The molecule has 1 amide bonds. The highest BCUT2D eigenvalue weighted by Crippen LogP contribution is 2.18. The van der Waals surface area contributed by atoms with Gasteiger partial charge in [0.1, 0.15) is 17.2 Å². The predicted octanol–water partition coefficient (Wildman–Crippen LogP) is 2.04. The Bertz CT molecular complexity index is 614. The zero-order valence-corrected chi connectivity index (χ0v) is 11.2. The first-order valence-corrected chi connectivity index (χ1v) is 5.93. The Morgan fingerprint density at radius 2 is 2.26 bits per heavy atom. The Labute approximate surface area is 114 Å². The van der Waals surface area contributed by atoms with E-state index in [0.29, 0.717) is 17.3 Å². The van der Waals surface area contributed by atoms with Crippen LogP contribution >= 0.6 is 11.6 Å². The number of nitrogens with zero attached hydrogens (tertiary/aromatic N) is 4. The van der Waals surface area contributed by atoms with Gasteiger partial charge >= 0.3 is 0 Å². The van der Waals surface area contributed by atoms with Gasteiger partial charge in [0.05, 0.1) is 12.7 Å². The third-order valence-corrected chi connectivity index (χ3v) is 2.87. The highest BCUT2D eigenvalue weighted by Gasteiger charge is 2.11. The fourth-order valence-electron chi connectivity index (χ4n) is 1.50. The Morgan fingerprint density at radius 1 is 1.53 bits per heavy atom. The zero-order valence-electron chi connectivity index (χ0n) is 10.5. The maximum absolute atomic E-state index is 13.6. The van der Waals surface area contributed by atoms with Crippen LogP contribution in [0.5, 0.6) is 0 Å². The monoisotopic (exact) mass is 282 g/mol. The Kier molecular flexibility index (Phi) is 3.80. The van der Waals surface area contributed by atoms with Gasteiger partial charge < -0.3 is 4.90 Å². The van der Waals surface area contributed by atoms with Gasteiger partial charge in [0, 0.05) is 19.0 Å². The number of halogens is 2. The molecule has 0 bridgehead atoms. The molecular formula is C12H12ClFN4O. The van der Waals surface area contributed by atoms with E-state index < -0.39 is 5.82 Å². The lowest BCUT2D eigenvalue weighted by Gasteiger charge is -2.11. The van der Waals surface area contributed by atoms with Crippen LogP contribution in [0, 0.1) is 5.82 Å². The first-order valence-electron chi connectivity index (χ1n) is 5.55. The summed E-state index contributed by atoms with van der Waals surface area (Å²) < 4.78 is 14.9. The van der Waals surface area contributed by atoms with Crippen LogP contribution in [-0.2, 0) is 11.3 Å². The van der Waals surface area contributed by atoms with Crippen LogP contribution in [0.2, 0.25) is 5.02 Å². The third kappa shape index (κ3) is 3.08. The fraction of sp³-hybridized carbons (Fsp3) is 0.250. The van der Waals surface area contributed by atoms with Gasteiger partial charge in [0.2, 0.25) is 5.91 Å². The van der Waals surface area contributed by atoms with Gasteiger partial charge in [-0.2, -0.15) is 0 Å². The van der Waals surface area contributed by atoms with Crippen molar-refractivity contribution in [2.45, 2.75) is 13.5 Å². The van der Waals surface area contributed by atoms with Crippen LogP contribution in [0.3, 0.4) is 0 Å². The molecule has 0 fully saturated rings. The van der Waals surface area contributed by atoms with Crippen molar-refractivity contribution < 1.29 is 9.18 Å². The van der Waals surface area contributed by atoms with Gasteiger partial charge in [-0.3, -0.25) is 4.79 Å². The van der Waals surface area contributed by atoms with Crippen molar-refractivity contribution in [3.63, 3.8) is 0 Å². The molecule has 0 atom stereocenters. The van der Waals surface area contributed by atoms with Crippen LogP contribution in [0.15, 0.2) is 24.4 Å². The molecule has 1 aromatic carbocycles. The average molecular weight is 283 g/mol. The second-order valence-corrected chi connectivity index (χ2v) is 4.56. The summed E-state index contributed by atoms with van der Waals surface area (Å²) in [4.78, 5) is 12.6. The van der Waals surface area contributed by atoms with Crippen molar-refractivity contribution >= 4 is 17.5 Å². The molecule has 5 nitrogen and oxygen atoms in total. The summed E-state index contributed by atoms with van der Waals surface area (Å²) in [5.74, 6) is -0.524. The molecule has 2 aromatic rings. The molecule has 0 radical (unpaired) electrons. The van der Waals surface area contributed by atoms with E-state index in [2.05, 4.69) is 10.3 Å². The number of carbonyl (C=O) groups excluding carboxylic acids is 1. The van der Waals surface area contributed by atoms with Gasteiger partial charge in [-0.05, 0) is 18.2 Å². The second-order valence-electron chi connectivity index (χ2n) is 4.13. The van der Waals surface area contributed by atoms with Crippen LogP contribution in [-0.4, -0.2) is 32.8 Å². The maximum Gasteiger partial charge on any atom is 0.219 e. The molecule has 1 aromatic heterocycles. The molecule has 0 unspecified atom stereocenters. The molecule has 0 saturated carbocycles. The first-order chi connectivity index (χ1) is 8.97. The van der Waals surface area contributed by atoms with Gasteiger partial charge in [0.25, 0.3) is 0 Å². The third-order valence-electron chi connectivity index (χ3n) is 2.63. The van der Waals surface area contributed by atoms with Gasteiger partial charge in [0.15, 0.2) is 0 Å². The summed E-state index contributed by atoms with van der Waals surface area (Å²) in [6, 6.07) is 4.19. The number of aromatic nitrogens is 3. The lowest BCUT2D eigenvalue weighted by atomic mass is 10.3. The summed E-state index contributed by atoms with van der Waals surface area (Å²) in [6.07, 6.45) is 1.56. The van der Waals surface area contributed by atoms with Crippen molar-refractivity contribution in [3.8, 4) is 5.69 Å². The summed E-state index contributed by atoms with van der Waals surface area (Å²) >= 11 is 5.82. The number of benzene rings is 1. The molecule has 0 aliphatic carbocycles. The summed E-state index contributed by atoms with van der Waals surface area (Å²) in [7, 11) is 1.65. The predicted molar refractivity (Wildman–Crippen MR) is 68.5 cm³/mol. The van der Waals surface area contributed by atoms with E-state index in [-0.39, 0.29) is 11.6 Å². The summed E-state index contributed by atoms with van der Waals surface area (Å²) in [5, 5.41) is 8.14. The van der Waals surface area contributed by atoms with E-state index in [1.807, 2.05) is 0 Å². The molecule has 19 heavy (non-hydrogen) atoms. The normalized spacial score (nSPS) is 10.5. The molecule has 2 rings (SSSR count). The molecule has 0 saturated heterocycles. The van der Waals surface area contributed by atoms with Gasteiger partial charge in [-0.15, -0.1) is 5.10 Å². The Morgan fingerprint density at radius 3 is 2.95 bits per heavy atom. The molecule has 0 aliphatic heterocycles. The van der Waals surface area contributed by atoms with E-state index in [9.17, 15) is 9.18 Å². The molecule has 0 spiro atoms. The quantitative estimate of drug-likeness (QED) is 0.866. The van der Waals surface area contributed by atoms with Crippen LogP contribution in [0.1, 0.15) is 12.6 Å². The lowest BCUT2D eigenvalue weighted by Crippen LogP contribution is -2.23. The maximum atomic E-state index is 13.6. The first kappa shape index (κ1) is 13.5. The van der Waals surface area contributed by atoms with Crippen LogP contribution in [0.25, 0.3) is 5.69 Å². The average Bonchev–Trinajstić information content (AvgIpc) is 2.80. The van der Waals surface area contributed by atoms with Crippen molar-refractivity contribution in [1.29, 1.82) is 0 Å². The van der Waals surface area contributed by atoms with Crippen molar-refractivity contribution in [2.24, 2.45) is 0 Å². The van der Waals surface area contributed by atoms with E-state index >= 15 is 0 Å². The molecule has 100 valence electrons. The van der Waals surface area contributed by atoms with E-state index in [0.717, 1.165) is 0 Å². The molecule has 0 N–H and O–H groups in total. The van der Waals surface area contributed by atoms with Gasteiger partial charge in [-0.1, -0.05) is 16.8 Å². The molecule has 7 heteroatoms. The standard InChI is InChI=1S/C12H12ClFN4O/c1-8(19)17(2)6-10-7-18(16-15-10)12-5-9(13)3-4-11(12)14/h3-5,7H,6H2,1-2H3. The Hall–Kier alpha value is -1.95. The van der Waals surface area contributed by atoms with Crippen molar-refractivity contribution in [3.05, 3.63) is 40.9 Å². The van der Waals surface area contributed by atoms with Gasteiger partial charge in [-0.25, -0.2) is 9.07 Å². The molecule has 1 heterocycles. The minimum absolute atomic E-state index is 0.0801. The number of amides is 1. The Balaban J connectivity index is 2.26. The fourth-order valence-corrected chi connectivity index (χ4v) is 1.67. The van der Waals surface area contributed by atoms with Crippen molar-refractivity contribution in [2.75, 3.05) is 7.05 Å². The molecular weight excluding hydrogens is 271 g/mol. The van der Waals surface area contributed by atoms with Crippen molar-refractivity contribution in [1.82, 2.24) is 19.9 Å². The summed E-state index contributed by atoms with van der Waals surface area (Å²) in [5.41, 5.74) is 0.786. The van der Waals surface area contributed by atoms with Crippen LogP contribution in [0.4, 0.5) is 4.39 Å².